The van der Waals surface area contributed by atoms with Crippen molar-refractivity contribution in [2.75, 3.05) is 0 Å². The lowest BCUT2D eigenvalue weighted by molar-refractivity contribution is -0.127. The third kappa shape index (κ3) is 4.31. The van der Waals surface area contributed by atoms with E-state index in [4.69, 9.17) is 0 Å². The van der Waals surface area contributed by atoms with Gasteiger partial charge in [0.1, 0.15) is 11.8 Å². The number of carbonyl (C=O) groups is 2. The molecule has 0 radical (unpaired) electrons. The van der Waals surface area contributed by atoms with E-state index in [0.29, 0.717) is 22.3 Å². The summed E-state index contributed by atoms with van der Waals surface area (Å²) in [5, 5.41) is 13.5. The van der Waals surface area contributed by atoms with Crippen molar-refractivity contribution in [3.05, 3.63) is 89.0 Å². The zero-order chi connectivity index (χ0) is 23.9. The monoisotopic (exact) mass is 450 g/mol. The number of hydrogen-bond acceptors (Lipinski definition) is 3. The molecule has 0 saturated heterocycles. The van der Waals surface area contributed by atoms with Crippen LogP contribution in [0.2, 0.25) is 0 Å². The molecular weight excluding hydrogens is 426 g/mol. The van der Waals surface area contributed by atoms with Gasteiger partial charge in [-0.2, -0.15) is 0 Å². The van der Waals surface area contributed by atoms with Crippen molar-refractivity contribution in [3.63, 3.8) is 0 Å². The molecule has 1 unspecified atom stereocenters. The second-order valence-electron chi connectivity index (χ2n) is 9.11. The number of nitrogens with zero attached hydrogens (tertiary/aromatic N) is 1. The molecule has 2 N–H and O–H groups in total. The van der Waals surface area contributed by atoms with Crippen LogP contribution in [0.15, 0.2) is 60.7 Å². The number of amides is 2. The molecule has 3 aromatic rings. The fourth-order valence-electron chi connectivity index (χ4n) is 4.11. The highest BCUT2D eigenvalue weighted by Crippen LogP contribution is 2.44. The van der Waals surface area contributed by atoms with Crippen LogP contribution in [-0.2, 0) is 11.3 Å². The Morgan fingerprint density at radius 3 is 2.33 bits per heavy atom. The van der Waals surface area contributed by atoms with Gasteiger partial charge in [-0.05, 0) is 55.7 Å². The zero-order valence-electron chi connectivity index (χ0n) is 18.5. The Morgan fingerprint density at radius 1 is 1.00 bits per heavy atom. The Morgan fingerprint density at radius 2 is 1.70 bits per heavy atom. The zero-order valence-corrected chi connectivity index (χ0v) is 18.5. The minimum atomic E-state index is -1.03. The van der Waals surface area contributed by atoms with E-state index >= 15 is 0 Å². The fraction of sp³-hybridized carbons (Fsp3) is 0.231. The number of phenols is 1. The maximum atomic E-state index is 13.8. The molecule has 1 heterocycles. The number of nitrogens with one attached hydrogen (secondary N) is 1. The lowest BCUT2D eigenvalue weighted by Gasteiger charge is -2.29. The van der Waals surface area contributed by atoms with Crippen molar-refractivity contribution in [2.24, 2.45) is 0 Å². The molecule has 5 nitrogen and oxygen atoms in total. The number of phenolic OH excluding ortho intramolecular Hbond substituents is 1. The van der Waals surface area contributed by atoms with Gasteiger partial charge in [0, 0.05) is 17.6 Å². The number of aromatic hydroxyl groups is 1. The van der Waals surface area contributed by atoms with Crippen LogP contribution in [0.5, 0.6) is 5.75 Å². The minimum Gasteiger partial charge on any atom is -0.507 e. The van der Waals surface area contributed by atoms with Crippen LogP contribution < -0.4 is 5.32 Å². The first-order valence-corrected chi connectivity index (χ1v) is 10.5. The Kier molecular flexibility index (Phi) is 5.66. The molecular formula is C26H24F2N2O3. The Bertz CT molecular complexity index is 1240. The topological polar surface area (TPSA) is 69.6 Å². The van der Waals surface area contributed by atoms with Crippen LogP contribution in [0.4, 0.5) is 8.78 Å². The van der Waals surface area contributed by atoms with Gasteiger partial charge in [-0.1, -0.05) is 42.5 Å². The van der Waals surface area contributed by atoms with E-state index in [-0.39, 0.29) is 17.9 Å². The number of hydrogen-bond donors (Lipinski definition) is 2. The SMILES string of the molecule is CC(C)(C)NC(=O)C1c2ccc(O)c(-c3ccccc3)c2C(=O)N1Cc1ccc(F)c(F)c1. The molecule has 1 atom stereocenters. The molecule has 33 heavy (non-hydrogen) atoms. The van der Waals surface area contributed by atoms with Crippen molar-refractivity contribution in [3.8, 4) is 16.9 Å². The van der Waals surface area contributed by atoms with E-state index in [1.807, 2.05) is 26.8 Å². The normalized spacial score (nSPS) is 15.5. The summed E-state index contributed by atoms with van der Waals surface area (Å²) in [6, 6.07) is 14.3. The molecule has 0 fully saturated rings. The predicted octanol–water partition coefficient (Wildman–Crippen LogP) is 4.95. The summed E-state index contributed by atoms with van der Waals surface area (Å²) in [6.45, 7) is 5.37. The van der Waals surface area contributed by atoms with E-state index in [9.17, 15) is 23.5 Å². The van der Waals surface area contributed by atoms with Gasteiger partial charge in [-0.3, -0.25) is 9.59 Å². The first-order chi connectivity index (χ1) is 15.6. The minimum absolute atomic E-state index is 0.0852. The standard InChI is InChI=1S/C26H24F2N2O3/c1-26(2,3)29-24(32)23-17-10-12-20(31)21(16-7-5-4-6-8-16)22(17)25(33)30(23)14-15-9-11-18(27)19(28)13-15/h4-13,23,31H,14H2,1-3H3,(H,29,32). The molecule has 0 spiro atoms. The van der Waals surface area contributed by atoms with E-state index in [2.05, 4.69) is 5.32 Å². The highest BCUT2D eigenvalue weighted by molar-refractivity contribution is 6.10. The van der Waals surface area contributed by atoms with Crippen molar-refractivity contribution < 1.29 is 23.5 Å². The van der Waals surface area contributed by atoms with E-state index in [0.717, 1.165) is 12.1 Å². The molecule has 0 aromatic heterocycles. The van der Waals surface area contributed by atoms with Gasteiger partial charge < -0.3 is 15.3 Å². The summed E-state index contributed by atoms with van der Waals surface area (Å²) in [7, 11) is 0. The van der Waals surface area contributed by atoms with E-state index in [1.165, 1.54) is 17.0 Å². The lowest BCUT2D eigenvalue weighted by atomic mass is 9.93. The molecule has 0 bridgehead atoms. The number of halogens is 2. The third-order valence-corrected chi connectivity index (χ3v) is 5.44. The summed E-state index contributed by atoms with van der Waals surface area (Å²) in [4.78, 5) is 28.3. The lowest BCUT2D eigenvalue weighted by Crippen LogP contribution is -2.46. The Labute approximate surface area is 190 Å². The predicted molar refractivity (Wildman–Crippen MR) is 120 cm³/mol. The molecule has 0 aliphatic carbocycles. The van der Waals surface area contributed by atoms with Crippen LogP contribution >= 0.6 is 0 Å². The van der Waals surface area contributed by atoms with E-state index in [1.54, 1.807) is 30.3 Å². The molecule has 1 aliphatic rings. The van der Waals surface area contributed by atoms with Crippen molar-refractivity contribution in [1.82, 2.24) is 10.2 Å². The molecule has 0 saturated carbocycles. The molecule has 2 amide bonds. The van der Waals surface area contributed by atoms with E-state index < -0.39 is 35.0 Å². The summed E-state index contributed by atoms with van der Waals surface area (Å²) < 4.78 is 27.3. The van der Waals surface area contributed by atoms with Crippen LogP contribution in [0.1, 0.15) is 48.3 Å². The van der Waals surface area contributed by atoms with Gasteiger partial charge in [0.25, 0.3) is 5.91 Å². The van der Waals surface area contributed by atoms with Crippen LogP contribution in [0.25, 0.3) is 11.1 Å². The van der Waals surface area contributed by atoms with Gasteiger partial charge in [0.2, 0.25) is 5.91 Å². The first kappa shape index (κ1) is 22.5. The molecule has 7 heteroatoms. The Balaban J connectivity index is 1.85. The van der Waals surface area contributed by atoms with Crippen LogP contribution in [0.3, 0.4) is 0 Å². The summed E-state index contributed by atoms with van der Waals surface area (Å²) in [5.74, 6) is -2.98. The average Bonchev–Trinajstić information content (AvgIpc) is 3.02. The fourth-order valence-corrected chi connectivity index (χ4v) is 4.11. The largest absolute Gasteiger partial charge is 0.507 e. The highest BCUT2D eigenvalue weighted by atomic mass is 19.2. The van der Waals surface area contributed by atoms with Crippen molar-refractivity contribution in [1.29, 1.82) is 0 Å². The van der Waals surface area contributed by atoms with Gasteiger partial charge in [0.05, 0.1) is 5.56 Å². The Hall–Kier alpha value is -3.74. The maximum Gasteiger partial charge on any atom is 0.256 e. The van der Waals surface area contributed by atoms with Gasteiger partial charge in [-0.25, -0.2) is 8.78 Å². The van der Waals surface area contributed by atoms with Crippen LogP contribution in [-0.4, -0.2) is 27.4 Å². The summed E-state index contributed by atoms with van der Waals surface area (Å²) >= 11 is 0. The van der Waals surface area contributed by atoms with Crippen molar-refractivity contribution >= 4 is 11.8 Å². The highest BCUT2D eigenvalue weighted by Gasteiger charge is 2.44. The van der Waals surface area contributed by atoms with Crippen LogP contribution in [0, 0.1) is 11.6 Å². The molecule has 4 rings (SSSR count). The third-order valence-electron chi connectivity index (χ3n) is 5.44. The second-order valence-corrected chi connectivity index (χ2v) is 9.11. The van der Waals surface area contributed by atoms with Gasteiger partial charge in [0.15, 0.2) is 11.6 Å². The number of carbonyl (C=O) groups excluding carboxylic acids is 2. The maximum absolute atomic E-state index is 13.8. The molecule has 1 aliphatic heterocycles. The smallest absolute Gasteiger partial charge is 0.256 e. The van der Waals surface area contributed by atoms with Crippen molar-refractivity contribution in [2.45, 2.75) is 38.9 Å². The summed E-state index contributed by atoms with van der Waals surface area (Å²) in [6.07, 6.45) is 0. The molecule has 170 valence electrons. The van der Waals surface area contributed by atoms with Gasteiger partial charge in [-0.15, -0.1) is 0 Å². The summed E-state index contributed by atoms with van der Waals surface area (Å²) in [5.41, 5.74) is 1.41. The quantitative estimate of drug-likeness (QED) is 0.591. The molecule has 3 aromatic carbocycles. The number of benzene rings is 3. The second kappa shape index (κ2) is 8.31. The van der Waals surface area contributed by atoms with Gasteiger partial charge >= 0.3 is 0 Å². The number of rotatable bonds is 4. The first-order valence-electron chi connectivity index (χ1n) is 10.5. The average molecular weight is 450 g/mol. The number of fused-ring (bicyclic) bond motifs is 1.